The van der Waals surface area contributed by atoms with E-state index in [1.165, 1.54) is 97.9 Å². The van der Waals surface area contributed by atoms with Crippen LogP contribution in [0.15, 0.2) is 165 Å². The van der Waals surface area contributed by atoms with Gasteiger partial charge in [-0.15, -0.1) is 0 Å². The molecule has 0 atom stereocenters. The van der Waals surface area contributed by atoms with Gasteiger partial charge in [0.05, 0.1) is 5.69 Å². The second kappa shape index (κ2) is 10.7. The molecule has 5 heteroatoms. The average molecular weight is 689 g/mol. The Bertz CT molecular complexity index is 2610. The summed E-state index contributed by atoms with van der Waals surface area (Å²) in [4.78, 5) is 10.5. The summed E-state index contributed by atoms with van der Waals surface area (Å²) in [7, 11) is 0. The Morgan fingerprint density at radius 2 is 1.22 bits per heavy atom. The lowest BCUT2D eigenvalue weighted by Gasteiger charge is -2.50. The van der Waals surface area contributed by atoms with Crippen LogP contribution in [0.2, 0.25) is 0 Å². The molecule has 0 saturated carbocycles. The zero-order chi connectivity index (χ0) is 34.0. The fourth-order valence-corrected chi connectivity index (χ4v) is 11.3. The Hall–Kier alpha value is -5.10. The van der Waals surface area contributed by atoms with Gasteiger partial charge >= 0.3 is 6.85 Å². The molecule has 0 saturated heterocycles. The van der Waals surface area contributed by atoms with Crippen LogP contribution in [0.5, 0.6) is 0 Å². The normalized spacial score (nSPS) is 15.2. The van der Waals surface area contributed by atoms with Gasteiger partial charge in [-0.3, -0.25) is 0 Å². The van der Waals surface area contributed by atoms with Gasteiger partial charge in [-0.2, -0.15) is 0 Å². The number of hydrogen-bond acceptors (Lipinski definition) is 4. The predicted molar refractivity (Wildman–Crippen MR) is 217 cm³/mol. The second-order valence-electron chi connectivity index (χ2n) is 14.6. The van der Waals surface area contributed by atoms with Gasteiger partial charge in [0.15, 0.2) is 0 Å². The van der Waals surface area contributed by atoms with E-state index in [0.717, 1.165) is 0 Å². The Labute approximate surface area is 308 Å². The Morgan fingerprint density at radius 1 is 0.529 bits per heavy atom. The molecule has 0 aliphatic carbocycles. The highest BCUT2D eigenvalue weighted by Gasteiger charge is 2.49. The molecular formula is C46H33BN2S2. The molecule has 0 unspecified atom stereocenters. The minimum absolute atomic E-state index is 0.00494. The molecule has 0 bridgehead atoms. The number of anilines is 5. The van der Waals surface area contributed by atoms with Gasteiger partial charge in [-0.05, 0) is 106 Å². The van der Waals surface area contributed by atoms with Gasteiger partial charge in [-0.1, -0.05) is 128 Å². The molecule has 7 aromatic rings. The summed E-state index contributed by atoms with van der Waals surface area (Å²) in [5, 5.41) is 0. The van der Waals surface area contributed by atoms with Gasteiger partial charge in [0.2, 0.25) is 0 Å². The molecular weight excluding hydrogens is 655 g/mol. The van der Waals surface area contributed by atoms with Gasteiger partial charge in [-0.25, -0.2) is 0 Å². The zero-order valence-electron chi connectivity index (χ0n) is 28.6. The highest BCUT2D eigenvalue weighted by atomic mass is 32.2. The van der Waals surface area contributed by atoms with Gasteiger partial charge in [0.1, 0.15) is 0 Å². The molecule has 11 rings (SSSR count). The van der Waals surface area contributed by atoms with Crippen LogP contribution in [0.3, 0.4) is 0 Å². The summed E-state index contributed by atoms with van der Waals surface area (Å²) in [6, 6.07) is 54.8. The van der Waals surface area contributed by atoms with E-state index in [0.29, 0.717) is 0 Å². The maximum absolute atomic E-state index is 2.64. The van der Waals surface area contributed by atoms with E-state index in [1.54, 1.807) is 0 Å². The Balaban J connectivity index is 1.28. The van der Waals surface area contributed by atoms with Gasteiger partial charge in [0.25, 0.3) is 0 Å². The summed E-state index contributed by atoms with van der Waals surface area (Å²) in [6.07, 6.45) is 0. The molecule has 0 amide bonds. The predicted octanol–water partition coefficient (Wildman–Crippen LogP) is 11.6. The van der Waals surface area contributed by atoms with E-state index in [2.05, 4.69) is 176 Å². The summed E-state index contributed by atoms with van der Waals surface area (Å²) in [6.45, 7) is 7.03. The lowest BCUT2D eigenvalue weighted by Crippen LogP contribution is -2.62. The van der Waals surface area contributed by atoms with Crippen molar-refractivity contribution >= 4 is 69.7 Å². The van der Waals surface area contributed by atoms with Crippen LogP contribution in [0.4, 0.5) is 28.4 Å². The van der Waals surface area contributed by atoms with Crippen LogP contribution < -0.4 is 20.6 Å². The third-order valence-electron chi connectivity index (χ3n) is 11.4. The zero-order valence-corrected chi connectivity index (χ0v) is 30.3. The van der Waals surface area contributed by atoms with Gasteiger partial charge < -0.3 is 9.71 Å². The summed E-state index contributed by atoms with van der Waals surface area (Å²) in [5.74, 6) is 0. The summed E-state index contributed by atoms with van der Waals surface area (Å²) >= 11 is 3.80. The van der Waals surface area contributed by atoms with Crippen LogP contribution in [0, 0.1) is 6.92 Å². The van der Waals surface area contributed by atoms with Crippen molar-refractivity contribution < 1.29 is 0 Å². The maximum atomic E-state index is 2.64. The summed E-state index contributed by atoms with van der Waals surface area (Å²) in [5.41, 5.74) is 18.1. The highest BCUT2D eigenvalue weighted by molar-refractivity contribution is 8.05. The molecule has 4 aliphatic heterocycles. The molecule has 2 nitrogen and oxygen atoms in total. The molecule has 0 spiro atoms. The Morgan fingerprint density at radius 3 is 2.02 bits per heavy atom. The fourth-order valence-electron chi connectivity index (χ4n) is 9.05. The van der Waals surface area contributed by atoms with Crippen molar-refractivity contribution in [1.29, 1.82) is 0 Å². The number of rotatable bonds is 2. The van der Waals surface area contributed by atoms with E-state index in [9.17, 15) is 0 Å². The fraction of sp³-hybridized carbons (Fsp3) is 0.0870. The monoisotopic (exact) mass is 688 g/mol. The molecule has 242 valence electrons. The quantitative estimate of drug-likeness (QED) is 0.167. The smallest absolute Gasteiger partial charge is 0.333 e. The van der Waals surface area contributed by atoms with Crippen LogP contribution in [0.1, 0.15) is 30.5 Å². The van der Waals surface area contributed by atoms with E-state index in [1.807, 2.05) is 23.5 Å². The first kappa shape index (κ1) is 29.6. The van der Waals surface area contributed by atoms with E-state index in [-0.39, 0.29) is 12.3 Å². The molecule has 0 aromatic heterocycles. The number of hydrogen-bond donors (Lipinski definition) is 0. The number of para-hydroxylation sites is 3. The van der Waals surface area contributed by atoms with Crippen molar-refractivity contribution in [2.75, 3.05) is 9.71 Å². The lowest BCUT2D eigenvalue weighted by atomic mass is 9.42. The molecule has 7 aromatic carbocycles. The molecule has 51 heavy (non-hydrogen) atoms. The number of nitrogens with zero attached hydrogens (tertiary/aromatic N) is 2. The minimum Gasteiger partial charge on any atom is -0.376 e. The van der Waals surface area contributed by atoms with Crippen LogP contribution in [-0.2, 0) is 5.41 Å². The van der Waals surface area contributed by atoms with E-state index < -0.39 is 0 Å². The highest BCUT2D eigenvalue weighted by Crippen LogP contribution is 2.57. The second-order valence-corrected chi connectivity index (χ2v) is 16.7. The third-order valence-corrected chi connectivity index (χ3v) is 13.9. The minimum atomic E-state index is -0.156. The van der Waals surface area contributed by atoms with Crippen LogP contribution in [-0.4, -0.2) is 6.85 Å². The topological polar surface area (TPSA) is 6.48 Å². The summed E-state index contributed by atoms with van der Waals surface area (Å²) < 4.78 is 0. The standard InChI is InChI=1S/C46H33BN2S2/c1-28-14-7-8-17-31(28)29-24-33-32-26-42-43(51-41-23-12-11-22-40(41)50-42)27-38(32)49(30-15-5-4-6-16-30)47-36-20-13-19-35-45(36)48(39(25-29)44(33)47)37-21-10-9-18-34(37)46(35,2)3/h4-27H,1-3H3. The SMILES string of the molecule is Cc1ccccc1-c1cc2c3c(c1)N1c4ccccc4C(C)(C)c4cccc(c41)B3N(c1ccccc1)c1cc3c(cc1-2)Sc1ccccc1S3. The van der Waals surface area contributed by atoms with Gasteiger partial charge in [0, 0.05) is 53.3 Å². The van der Waals surface area contributed by atoms with Crippen molar-refractivity contribution in [1.82, 2.24) is 0 Å². The molecule has 4 heterocycles. The van der Waals surface area contributed by atoms with E-state index in [4.69, 9.17) is 0 Å². The third kappa shape index (κ3) is 4.11. The molecule has 0 fully saturated rings. The number of fused-ring (bicyclic) bond motifs is 8. The van der Waals surface area contributed by atoms with Crippen molar-refractivity contribution in [2.45, 2.75) is 45.8 Å². The van der Waals surface area contributed by atoms with Crippen molar-refractivity contribution in [2.24, 2.45) is 0 Å². The average Bonchev–Trinajstić information content (AvgIpc) is 3.16. The maximum Gasteiger partial charge on any atom is 0.333 e. The molecule has 0 radical (unpaired) electrons. The van der Waals surface area contributed by atoms with Crippen LogP contribution in [0.25, 0.3) is 22.3 Å². The number of aryl methyl sites for hydroxylation is 1. The van der Waals surface area contributed by atoms with E-state index >= 15 is 0 Å². The molecule has 4 aliphatic rings. The van der Waals surface area contributed by atoms with Crippen molar-refractivity contribution in [3.8, 4) is 22.3 Å². The van der Waals surface area contributed by atoms with Crippen molar-refractivity contribution in [3.63, 3.8) is 0 Å². The molecule has 0 N–H and O–H groups in total. The lowest BCUT2D eigenvalue weighted by molar-refractivity contribution is 0.632. The number of benzene rings is 7. The Kier molecular flexibility index (Phi) is 6.22. The largest absolute Gasteiger partial charge is 0.376 e. The first-order valence-corrected chi connectivity index (χ1v) is 19.3. The van der Waals surface area contributed by atoms with Crippen LogP contribution >= 0.6 is 23.5 Å². The first-order valence-electron chi connectivity index (χ1n) is 17.7. The van der Waals surface area contributed by atoms with Crippen molar-refractivity contribution in [3.05, 3.63) is 162 Å². The first-order chi connectivity index (χ1) is 25.0.